The predicted octanol–water partition coefficient (Wildman–Crippen LogP) is 1.65. The van der Waals surface area contributed by atoms with Gasteiger partial charge >= 0.3 is 0 Å². The van der Waals surface area contributed by atoms with Gasteiger partial charge in [-0.05, 0) is 18.2 Å². The van der Waals surface area contributed by atoms with E-state index in [1.54, 1.807) is 28.0 Å². The fraction of sp³-hybridized carbons (Fsp3) is 0.385. The Morgan fingerprint density at radius 3 is 2.20 bits per heavy atom. The number of nitrogens with zero attached hydrogens (tertiary/aromatic N) is 2. The van der Waals surface area contributed by atoms with Crippen LogP contribution >= 0.6 is 24.0 Å². The summed E-state index contributed by atoms with van der Waals surface area (Å²) in [7, 11) is 0. The van der Waals surface area contributed by atoms with Crippen LogP contribution in [0.1, 0.15) is 17.3 Å². The molecule has 0 aromatic heterocycles. The standard InChI is InChI=1S/C13H16ClN3O2.ClH/c1-9(18)16-4-6-17(7-5-16)13(19)11-3-2-10(15)8-12(11)14;/h2-3,8H,4-7,15H2,1H3;1H. The summed E-state index contributed by atoms with van der Waals surface area (Å²) in [6.07, 6.45) is 0. The molecule has 1 fully saturated rings. The van der Waals surface area contributed by atoms with Gasteiger partial charge in [-0.15, -0.1) is 12.4 Å². The van der Waals surface area contributed by atoms with Crippen LogP contribution in [0.4, 0.5) is 5.69 Å². The third kappa shape index (κ3) is 3.55. The summed E-state index contributed by atoms with van der Waals surface area (Å²) in [5, 5.41) is 0.360. The summed E-state index contributed by atoms with van der Waals surface area (Å²) in [5.41, 5.74) is 6.59. The van der Waals surface area contributed by atoms with Crippen LogP contribution in [0.2, 0.25) is 5.02 Å². The van der Waals surface area contributed by atoms with E-state index >= 15 is 0 Å². The number of amides is 2. The molecular weight excluding hydrogens is 301 g/mol. The molecule has 0 spiro atoms. The van der Waals surface area contributed by atoms with Gasteiger partial charge in [0.25, 0.3) is 5.91 Å². The fourth-order valence-corrected chi connectivity index (χ4v) is 2.37. The SMILES string of the molecule is CC(=O)N1CCN(C(=O)c2ccc(N)cc2Cl)CC1.Cl. The molecule has 1 aliphatic heterocycles. The summed E-state index contributed by atoms with van der Waals surface area (Å²) in [6.45, 7) is 3.72. The van der Waals surface area contributed by atoms with E-state index in [9.17, 15) is 9.59 Å². The van der Waals surface area contributed by atoms with Crippen molar-refractivity contribution in [1.82, 2.24) is 9.80 Å². The Bertz CT molecular complexity index is 514. The van der Waals surface area contributed by atoms with Gasteiger partial charge in [0.1, 0.15) is 0 Å². The second-order valence-corrected chi connectivity index (χ2v) is 4.94. The summed E-state index contributed by atoms with van der Waals surface area (Å²) >= 11 is 6.03. The van der Waals surface area contributed by atoms with E-state index in [4.69, 9.17) is 17.3 Å². The van der Waals surface area contributed by atoms with Crippen molar-refractivity contribution in [2.45, 2.75) is 6.92 Å². The summed E-state index contributed by atoms with van der Waals surface area (Å²) in [6, 6.07) is 4.86. The van der Waals surface area contributed by atoms with E-state index in [1.165, 1.54) is 6.92 Å². The monoisotopic (exact) mass is 317 g/mol. The van der Waals surface area contributed by atoms with Crippen molar-refractivity contribution in [3.63, 3.8) is 0 Å². The Morgan fingerprint density at radius 1 is 1.15 bits per heavy atom. The largest absolute Gasteiger partial charge is 0.399 e. The number of piperazine rings is 1. The van der Waals surface area contributed by atoms with E-state index in [-0.39, 0.29) is 24.2 Å². The van der Waals surface area contributed by atoms with Gasteiger partial charge in [0.05, 0.1) is 10.6 Å². The minimum atomic E-state index is -0.117. The number of carbonyl (C=O) groups is 2. The van der Waals surface area contributed by atoms with Crippen LogP contribution in [0, 0.1) is 0 Å². The number of hydrogen-bond donors (Lipinski definition) is 1. The van der Waals surface area contributed by atoms with Crippen LogP contribution in [0.5, 0.6) is 0 Å². The minimum Gasteiger partial charge on any atom is -0.399 e. The maximum absolute atomic E-state index is 12.3. The van der Waals surface area contributed by atoms with Crippen molar-refractivity contribution < 1.29 is 9.59 Å². The molecule has 5 nitrogen and oxygen atoms in total. The number of halogens is 2. The van der Waals surface area contributed by atoms with Gasteiger partial charge in [-0.2, -0.15) is 0 Å². The van der Waals surface area contributed by atoms with Crippen molar-refractivity contribution >= 4 is 41.5 Å². The smallest absolute Gasteiger partial charge is 0.255 e. The van der Waals surface area contributed by atoms with Gasteiger partial charge in [-0.3, -0.25) is 9.59 Å². The molecule has 110 valence electrons. The van der Waals surface area contributed by atoms with E-state index in [0.29, 0.717) is 42.5 Å². The molecule has 2 N–H and O–H groups in total. The van der Waals surface area contributed by atoms with Crippen LogP contribution in [-0.4, -0.2) is 47.8 Å². The maximum Gasteiger partial charge on any atom is 0.255 e. The summed E-state index contributed by atoms with van der Waals surface area (Å²) in [5.74, 6) is -0.0779. The van der Waals surface area contributed by atoms with Gasteiger partial charge in [0.2, 0.25) is 5.91 Å². The molecule has 1 aromatic carbocycles. The van der Waals surface area contributed by atoms with Crippen LogP contribution in [0.15, 0.2) is 18.2 Å². The summed E-state index contributed by atoms with van der Waals surface area (Å²) < 4.78 is 0. The molecule has 1 aliphatic rings. The molecule has 20 heavy (non-hydrogen) atoms. The first-order valence-electron chi connectivity index (χ1n) is 6.09. The molecule has 1 aromatic rings. The van der Waals surface area contributed by atoms with E-state index in [2.05, 4.69) is 0 Å². The number of nitrogens with two attached hydrogens (primary N) is 1. The Hall–Kier alpha value is -1.46. The predicted molar refractivity (Wildman–Crippen MR) is 81.3 cm³/mol. The number of benzene rings is 1. The normalized spacial score (nSPS) is 14.7. The number of carbonyl (C=O) groups excluding carboxylic acids is 2. The first-order chi connectivity index (χ1) is 8.99. The van der Waals surface area contributed by atoms with Gasteiger partial charge in [-0.1, -0.05) is 11.6 Å². The van der Waals surface area contributed by atoms with Gasteiger partial charge < -0.3 is 15.5 Å². The Morgan fingerprint density at radius 2 is 1.70 bits per heavy atom. The first-order valence-corrected chi connectivity index (χ1v) is 6.46. The van der Waals surface area contributed by atoms with Crippen molar-refractivity contribution in [3.05, 3.63) is 28.8 Å². The number of anilines is 1. The second-order valence-electron chi connectivity index (χ2n) is 4.54. The molecule has 1 heterocycles. The number of hydrogen-bond acceptors (Lipinski definition) is 3. The van der Waals surface area contributed by atoms with Crippen LogP contribution < -0.4 is 5.73 Å². The summed E-state index contributed by atoms with van der Waals surface area (Å²) in [4.78, 5) is 27.0. The Labute approximate surface area is 129 Å². The van der Waals surface area contributed by atoms with Gasteiger partial charge in [0.15, 0.2) is 0 Å². The van der Waals surface area contributed by atoms with Crippen molar-refractivity contribution in [2.75, 3.05) is 31.9 Å². The average Bonchev–Trinajstić information content (AvgIpc) is 2.38. The van der Waals surface area contributed by atoms with Gasteiger partial charge in [-0.25, -0.2) is 0 Å². The molecule has 0 radical (unpaired) electrons. The highest BCUT2D eigenvalue weighted by atomic mass is 35.5. The van der Waals surface area contributed by atoms with Crippen LogP contribution in [-0.2, 0) is 4.79 Å². The second kappa shape index (κ2) is 6.81. The molecule has 2 amide bonds. The first kappa shape index (κ1) is 16.6. The van der Waals surface area contributed by atoms with Crippen molar-refractivity contribution in [1.29, 1.82) is 0 Å². The van der Waals surface area contributed by atoms with Crippen molar-refractivity contribution in [2.24, 2.45) is 0 Å². The number of rotatable bonds is 1. The van der Waals surface area contributed by atoms with E-state index in [1.807, 2.05) is 0 Å². The molecule has 0 saturated carbocycles. The quantitative estimate of drug-likeness (QED) is 0.801. The zero-order valence-corrected chi connectivity index (χ0v) is 12.7. The maximum atomic E-state index is 12.3. The minimum absolute atomic E-state index is 0. The zero-order valence-electron chi connectivity index (χ0n) is 11.1. The van der Waals surface area contributed by atoms with Crippen LogP contribution in [0.3, 0.4) is 0 Å². The van der Waals surface area contributed by atoms with Gasteiger partial charge in [0, 0.05) is 38.8 Å². The van der Waals surface area contributed by atoms with E-state index < -0.39 is 0 Å². The average molecular weight is 318 g/mol. The number of nitrogen functional groups attached to an aromatic ring is 1. The fourth-order valence-electron chi connectivity index (χ4n) is 2.10. The Balaban J connectivity index is 0.00000200. The topological polar surface area (TPSA) is 66.6 Å². The molecule has 2 rings (SSSR count). The van der Waals surface area contributed by atoms with Crippen LogP contribution in [0.25, 0.3) is 0 Å². The lowest BCUT2D eigenvalue weighted by atomic mass is 10.1. The lowest BCUT2D eigenvalue weighted by Crippen LogP contribution is -2.50. The molecular formula is C13H17Cl2N3O2. The third-order valence-corrected chi connectivity index (χ3v) is 3.55. The highest BCUT2D eigenvalue weighted by molar-refractivity contribution is 6.34. The highest BCUT2D eigenvalue weighted by Crippen LogP contribution is 2.21. The Kier molecular flexibility index (Phi) is 5.65. The van der Waals surface area contributed by atoms with Crippen molar-refractivity contribution in [3.8, 4) is 0 Å². The third-order valence-electron chi connectivity index (χ3n) is 3.24. The zero-order chi connectivity index (χ0) is 14.0. The molecule has 0 bridgehead atoms. The molecule has 0 aliphatic carbocycles. The molecule has 1 saturated heterocycles. The molecule has 7 heteroatoms. The highest BCUT2D eigenvalue weighted by Gasteiger charge is 2.24. The molecule has 0 atom stereocenters. The lowest BCUT2D eigenvalue weighted by Gasteiger charge is -2.34. The van der Waals surface area contributed by atoms with E-state index in [0.717, 1.165) is 0 Å². The lowest BCUT2D eigenvalue weighted by molar-refractivity contribution is -0.130. The molecule has 0 unspecified atom stereocenters.